The second-order valence-corrected chi connectivity index (χ2v) is 10.2. The number of benzene rings is 2. The zero-order valence-electron chi connectivity index (χ0n) is 19.2. The minimum Gasteiger partial charge on any atom is -0.359 e. The van der Waals surface area contributed by atoms with Gasteiger partial charge in [-0.1, -0.05) is 60.2 Å². The SMILES string of the molecule is Cc1ccc(NC(=O)[C@@H]2[C@H]3C=C[C@@]4(O3)[C@H]2C(=O)N(C2CC2)[C@@H]4C(=O)NCc2ccccc2)cc1Cl. The molecular weight excluding hydrogens is 466 g/mol. The van der Waals surface area contributed by atoms with Crippen LogP contribution in [0.3, 0.4) is 0 Å². The Morgan fingerprint density at radius 2 is 1.91 bits per heavy atom. The Hall–Kier alpha value is -3.16. The Balaban J connectivity index is 1.28. The summed E-state index contributed by atoms with van der Waals surface area (Å²) >= 11 is 6.23. The first-order chi connectivity index (χ1) is 16.9. The van der Waals surface area contributed by atoms with Crippen LogP contribution in [-0.4, -0.2) is 46.4 Å². The third-order valence-corrected chi connectivity index (χ3v) is 7.96. The summed E-state index contributed by atoms with van der Waals surface area (Å²) in [7, 11) is 0. The summed E-state index contributed by atoms with van der Waals surface area (Å²) in [5.41, 5.74) is 1.30. The lowest BCUT2D eigenvalue weighted by Crippen LogP contribution is -2.55. The van der Waals surface area contributed by atoms with Gasteiger partial charge in [0, 0.05) is 23.3 Å². The molecule has 0 unspecified atom stereocenters. The van der Waals surface area contributed by atoms with Crippen LogP contribution in [0, 0.1) is 18.8 Å². The molecule has 1 aliphatic carbocycles. The second kappa shape index (κ2) is 8.21. The summed E-state index contributed by atoms with van der Waals surface area (Å²) in [6, 6.07) is 14.2. The van der Waals surface area contributed by atoms with Gasteiger partial charge in [-0.3, -0.25) is 14.4 Å². The molecule has 3 fully saturated rings. The summed E-state index contributed by atoms with van der Waals surface area (Å²) in [5, 5.41) is 6.46. The number of amides is 3. The molecule has 8 heteroatoms. The van der Waals surface area contributed by atoms with Gasteiger partial charge in [-0.05, 0) is 43.0 Å². The summed E-state index contributed by atoms with van der Waals surface area (Å²) in [6.07, 6.45) is 4.80. The van der Waals surface area contributed by atoms with E-state index < -0.39 is 29.6 Å². The van der Waals surface area contributed by atoms with E-state index in [4.69, 9.17) is 16.3 Å². The number of likely N-dealkylation sites (tertiary alicyclic amines) is 1. The molecule has 2 saturated heterocycles. The number of rotatable bonds is 6. The first-order valence-electron chi connectivity index (χ1n) is 12.0. The topological polar surface area (TPSA) is 87.7 Å². The number of carbonyl (C=O) groups excluding carboxylic acids is 3. The van der Waals surface area contributed by atoms with E-state index in [2.05, 4.69) is 10.6 Å². The number of hydrogen-bond donors (Lipinski definition) is 2. The molecule has 35 heavy (non-hydrogen) atoms. The van der Waals surface area contributed by atoms with Crippen molar-refractivity contribution in [3.63, 3.8) is 0 Å². The Morgan fingerprint density at radius 1 is 1.14 bits per heavy atom. The smallest absolute Gasteiger partial charge is 0.246 e. The number of nitrogens with zero attached hydrogens (tertiary/aromatic N) is 1. The van der Waals surface area contributed by atoms with Gasteiger partial charge < -0.3 is 20.3 Å². The predicted octanol–water partition coefficient (Wildman–Crippen LogP) is 3.22. The number of fused-ring (bicyclic) bond motifs is 1. The van der Waals surface area contributed by atoms with Gasteiger partial charge in [-0.25, -0.2) is 0 Å². The number of nitrogens with one attached hydrogen (secondary N) is 2. The zero-order valence-corrected chi connectivity index (χ0v) is 20.0. The number of carbonyl (C=O) groups is 3. The average molecular weight is 492 g/mol. The van der Waals surface area contributed by atoms with Crippen molar-refractivity contribution in [2.24, 2.45) is 11.8 Å². The van der Waals surface area contributed by atoms with Crippen LogP contribution in [-0.2, 0) is 25.7 Å². The Morgan fingerprint density at radius 3 is 2.63 bits per heavy atom. The molecule has 1 saturated carbocycles. The molecule has 0 radical (unpaired) electrons. The maximum absolute atomic E-state index is 13.7. The molecular formula is C27H26ClN3O4. The largest absolute Gasteiger partial charge is 0.359 e. The minimum atomic E-state index is -1.14. The molecule has 7 nitrogen and oxygen atoms in total. The van der Waals surface area contributed by atoms with E-state index in [-0.39, 0.29) is 23.8 Å². The van der Waals surface area contributed by atoms with Crippen molar-refractivity contribution >= 4 is 35.0 Å². The van der Waals surface area contributed by atoms with Crippen LogP contribution in [0.15, 0.2) is 60.7 Å². The number of anilines is 1. The van der Waals surface area contributed by atoms with E-state index in [1.807, 2.05) is 55.5 Å². The summed E-state index contributed by atoms with van der Waals surface area (Å²) < 4.78 is 6.34. The monoisotopic (exact) mass is 491 g/mol. The number of aryl methyl sites for hydroxylation is 1. The fourth-order valence-electron chi connectivity index (χ4n) is 5.73. The molecule has 3 heterocycles. The molecule has 6 rings (SSSR count). The predicted molar refractivity (Wildman–Crippen MR) is 130 cm³/mol. The molecule has 0 aromatic heterocycles. The highest BCUT2D eigenvalue weighted by Crippen LogP contribution is 2.57. The molecule has 1 spiro atoms. The lowest BCUT2D eigenvalue weighted by atomic mass is 9.74. The number of ether oxygens (including phenoxy) is 1. The number of halogens is 1. The van der Waals surface area contributed by atoms with Gasteiger partial charge in [-0.2, -0.15) is 0 Å². The lowest BCUT2D eigenvalue weighted by Gasteiger charge is -2.32. The van der Waals surface area contributed by atoms with Crippen molar-refractivity contribution in [2.45, 2.75) is 50.1 Å². The van der Waals surface area contributed by atoms with Crippen LogP contribution in [0.5, 0.6) is 0 Å². The van der Waals surface area contributed by atoms with Gasteiger partial charge in [0.15, 0.2) is 0 Å². The summed E-state index contributed by atoms with van der Waals surface area (Å²) in [6.45, 7) is 2.24. The van der Waals surface area contributed by atoms with Gasteiger partial charge in [0.2, 0.25) is 17.7 Å². The molecule has 2 N–H and O–H groups in total. The Kier molecular flexibility index (Phi) is 5.23. The quantitative estimate of drug-likeness (QED) is 0.607. The van der Waals surface area contributed by atoms with Crippen molar-refractivity contribution in [1.82, 2.24) is 10.2 Å². The summed E-state index contributed by atoms with van der Waals surface area (Å²) in [4.78, 5) is 42.4. The maximum Gasteiger partial charge on any atom is 0.246 e. The van der Waals surface area contributed by atoms with E-state index in [9.17, 15) is 14.4 Å². The Bertz CT molecular complexity index is 1240. The third kappa shape index (κ3) is 3.56. The molecule has 5 atom stereocenters. The van der Waals surface area contributed by atoms with E-state index in [1.165, 1.54) is 0 Å². The highest BCUT2D eigenvalue weighted by molar-refractivity contribution is 6.31. The van der Waals surface area contributed by atoms with Gasteiger partial charge in [-0.15, -0.1) is 0 Å². The highest BCUT2D eigenvalue weighted by Gasteiger charge is 2.74. The molecule has 2 aromatic rings. The highest BCUT2D eigenvalue weighted by atomic mass is 35.5. The van der Waals surface area contributed by atoms with E-state index in [0.29, 0.717) is 17.3 Å². The van der Waals surface area contributed by atoms with Gasteiger partial charge >= 0.3 is 0 Å². The second-order valence-electron chi connectivity index (χ2n) is 9.83. The zero-order chi connectivity index (χ0) is 24.3. The van der Waals surface area contributed by atoms with Crippen LogP contribution < -0.4 is 10.6 Å². The molecule has 180 valence electrons. The van der Waals surface area contributed by atoms with Crippen molar-refractivity contribution in [3.8, 4) is 0 Å². The fourth-order valence-corrected chi connectivity index (χ4v) is 5.91. The molecule has 3 amide bonds. The van der Waals surface area contributed by atoms with Crippen LogP contribution in [0.2, 0.25) is 5.02 Å². The molecule has 4 aliphatic rings. The first-order valence-corrected chi connectivity index (χ1v) is 12.3. The van der Waals surface area contributed by atoms with E-state index in [1.54, 1.807) is 17.0 Å². The lowest BCUT2D eigenvalue weighted by molar-refractivity contribution is -0.141. The van der Waals surface area contributed by atoms with Crippen LogP contribution in [0.4, 0.5) is 5.69 Å². The van der Waals surface area contributed by atoms with E-state index >= 15 is 0 Å². The van der Waals surface area contributed by atoms with Gasteiger partial charge in [0.05, 0.1) is 17.9 Å². The maximum atomic E-state index is 13.7. The van der Waals surface area contributed by atoms with Crippen molar-refractivity contribution in [3.05, 3.63) is 76.8 Å². The normalized spacial score (nSPS) is 30.5. The standard InChI is InChI=1S/C27H26ClN3O4/c1-15-7-8-17(13-19(15)28)30-24(32)21-20-11-12-27(35-20)22(21)26(34)31(18-9-10-18)23(27)25(33)29-14-16-5-3-2-4-6-16/h2-8,11-13,18,20-23H,9-10,14H2,1H3,(H,29,33)(H,30,32)/t20-,21-,22-,23-,27-/m1/s1. The van der Waals surface area contributed by atoms with Crippen molar-refractivity contribution < 1.29 is 19.1 Å². The van der Waals surface area contributed by atoms with Gasteiger partial charge in [0.25, 0.3) is 0 Å². The Labute approximate surface area is 208 Å². The summed E-state index contributed by atoms with van der Waals surface area (Å²) in [5.74, 6) is -2.21. The van der Waals surface area contributed by atoms with Crippen LogP contribution in [0.25, 0.3) is 0 Å². The molecule has 3 aliphatic heterocycles. The first kappa shape index (κ1) is 22.3. The third-order valence-electron chi connectivity index (χ3n) is 7.55. The fraction of sp³-hybridized carbons (Fsp3) is 0.370. The average Bonchev–Trinajstić information content (AvgIpc) is 3.45. The van der Waals surface area contributed by atoms with Crippen LogP contribution >= 0.6 is 11.6 Å². The molecule has 2 bridgehead atoms. The van der Waals surface area contributed by atoms with Crippen LogP contribution in [0.1, 0.15) is 24.0 Å². The van der Waals surface area contributed by atoms with E-state index in [0.717, 1.165) is 24.0 Å². The minimum absolute atomic E-state index is 0.00520. The van der Waals surface area contributed by atoms with Crippen molar-refractivity contribution in [2.75, 3.05) is 5.32 Å². The van der Waals surface area contributed by atoms with Crippen molar-refractivity contribution in [1.29, 1.82) is 0 Å². The van der Waals surface area contributed by atoms with Gasteiger partial charge in [0.1, 0.15) is 11.6 Å². The number of hydrogen-bond acceptors (Lipinski definition) is 4. The molecule has 2 aromatic carbocycles.